The van der Waals surface area contributed by atoms with Crippen LogP contribution in [0.3, 0.4) is 0 Å². The largest absolute Gasteiger partial charge is 0.461 e. The fourth-order valence-electron chi connectivity index (χ4n) is 3.06. The molecule has 27 heavy (non-hydrogen) atoms. The number of ether oxygens (including phenoxy) is 1. The van der Waals surface area contributed by atoms with Crippen molar-refractivity contribution < 1.29 is 14.3 Å². The Balaban J connectivity index is 0.00000126. The zero-order chi connectivity index (χ0) is 20.1. The summed E-state index contributed by atoms with van der Waals surface area (Å²) in [4.78, 5) is 32.2. The molecule has 0 aliphatic carbocycles. The van der Waals surface area contributed by atoms with Crippen molar-refractivity contribution in [2.24, 2.45) is 0 Å². The minimum Gasteiger partial charge on any atom is -0.461 e. The summed E-state index contributed by atoms with van der Waals surface area (Å²) in [5.74, 6) is 0.000916. The summed E-state index contributed by atoms with van der Waals surface area (Å²) < 4.78 is 5.09. The Morgan fingerprint density at radius 2 is 2.11 bits per heavy atom. The second-order valence-electron chi connectivity index (χ2n) is 5.89. The second kappa shape index (κ2) is 9.33. The maximum atomic E-state index is 13.0. The molecule has 5 nitrogen and oxygen atoms in total. The quantitative estimate of drug-likeness (QED) is 0.671. The number of carbonyl (C=O) groups excluding carboxylic acids is 2. The minimum atomic E-state index is -0.403. The molecule has 2 aromatic rings. The normalized spacial score (nSPS) is 13.0. The van der Waals surface area contributed by atoms with Gasteiger partial charge in [0.05, 0.1) is 15.5 Å². The van der Waals surface area contributed by atoms with Gasteiger partial charge in [-0.3, -0.25) is 14.5 Å². The summed E-state index contributed by atoms with van der Waals surface area (Å²) >= 11 is 7.82. The van der Waals surface area contributed by atoms with Gasteiger partial charge in [0.1, 0.15) is 12.4 Å². The van der Waals surface area contributed by atoms with E-state index in [-0.39, 0.29) is 12.5 Å². The standard InChI is InChI=1S/C18H19ClN2O3S.C2H6/c1-4-15-10(2)12-6-8-21(18(23)16(12)25-15)17-13(9-24-11(3)22)14(19)5-7-20-17;1-2/h5,7H,4,6,8-9H2,1-3H3;1-2H3. The van der Waals surface area contributed by atoms with Gasteiger partial charge in [-0.15, -0.1) is 11.3 Å². The second-order valence-corrected chi connectivity index (χ2v) is 7.41. The number of pyridine rings is 1. The maximum absolute atomic E-state index is 13.0. The minimum absolute atomic E-state index is 0.00233. The zero-order valence-electron chi connectivity index (χ0n) is 16.4. The first kappa shape index (κ1) is 21.4. The number of aryl methyl sites for hydroxylation is 1. The fourth-order valence-corrected chi connectivity index (χ4v) is 4.50. The number of hydrogen-bond donors (Lipinski definition) is 0. The molecule has 0 fully saturated rings. The van der Waals surface area contributed by atoms with Crippen LogP contribution in [0, 0.1) is 6.92 Å². The van der Waals surface area contributed by atoms with Crippen LogP contribution in [0.25, 0.3) is 0 Å². The third-order valence-corrected chi connectivity index (χ3v) is 6.19. The third-order valence-electron chi connectivity index (χ3n) is 4.37. The number of aromatic nitrogens is 1. The number of halogens is 1. The van der Waals surface area contributed by atoms with Gasteiger partial charge >= 0.3 is 5.97 Å². The number of amides is 1. The van der Waals surface area contributed by atoms with Gasteiger partial charge < -0.3 is 4.74 Å². The summed E-state index contributed by atoms with van der Waals surface area (Å²) in [6.07, 6.45) is 3.27. The monoisotopic (exact) mass is 408 g/mol. The van der Waals surface area contributed by atoms with Gasteiger partial charge in [0.2, 0.25) is 0 Å². The molecule has 0 bridgehead atoms. The number of fused-ring (bicyclic) bond motifs is 1. The van der Waals surface area contributed by atoms with Gasteiger partial charge in [-0.1, -0.05) is 32.4 Å². The number of nitrogens with zero attached hydrogens (tertiary/aromatic N) is 2. The van der Waals surface area contributed by atoms with Crippen molar-refractivity contribution in [1.82, 2.24) is 4.98 Å². The molecule has 3 rings (SSSR count). The third kappa shape index (κ3) is 4.33. The molecule has 1 aliphatic heterocycles. The molecule has 0 saturated heterocycles. The number of carbonyl (C=O) groups is 2. The Morgan fingerprint density at radius 3 is 2.74 bits per heavy atom. The van der Waals surface area contributed by atoms with E-state index in [4.69, 9.17) is 16.3 Å². The van der Waals surface area contributed by atoms with Gasteiger partial charge in [0.15, 0.2) is 0 Å². The lowest BCUT2D eigenvalue weighted by Crippen LogP contribution is -2.38. The van der Waals surface area contributed by atoms with Crippen LogP contribution in [-0.2, 0) is 29.0 Å². The van der Waals surface area contributed by atoms with Crippen molar-refractivity contribution in [2.45, 2.75) is 54.1 Å². The van der Waals surface area contributed by atoms with E-state index in [0.29, 0.717) is 22.9 Å². The Kier molecular flexibility index (Phi) is 7.39. The number of rotatable bonds is 4. The number of thiophene rings is 1. The molecule has 146 valence electrons. The SMILES string of the molecule is CC.CCc1sc2c(c1C)CCN(c1nccc(Cl)c1COC(C)=O)C2=O. The molecule has 0 N–H and O–H groups in total. The maximum Gasteiger partial charge on any atom is 0.302 e. The van der Waals surface area contributed by atoms with E-state index in [9.17, 15) is 9.59 Å². The fraction of sp³-hybridized carbons (Fsp3) is 0.450. The lowest BCUT2D eigenvalue weighted by molar-refractivity contribution is -0.142. The highest BCUT2D eigenvalue weighted by Gasteiger charge is 2.32. The van der Waals surface area contributed by atoms with Crippen molar-refractivity contribution in [3.8, 4) is 0 Å². The van der Waals surface area contributed by atoms with Gasteiger partial charge in [-0.05, 0) is 37.0 Å². The Bertz CT molecular complexity index is 848. The van der Waals surface area contributed by atoms with Gasteiger partial charge in [-0.2, -0.15) is 0 Å². The molecule has 1 amide bonds. The van der Waals surface area contributed by atoms with Crippen molar-refractivity contribution in [3.05, 3.63) is 43.7 Å². The van der Waals surface area contributed by atoms with E-state index >= 15 is 0 Å². The highest BCUT2D eigenvalue weighted by Crippen LogP contribution is 2.36. The van der Waals surface area contributed by atoms with Crippen LogP contribution in [0.5, 0.6) is 0 Å². The molecule has 0 spiro atoms. The summed E-state index contributed by atoms with van der Waals surface area (Å²) in [6.45, 7) is 10.1. The molecule has 7 heteroatoms. The topological polar surface area (TPSA) is 59.5 Å². The smallest absolute Gasteiger partial charge is 0.302 e. The predicted molar refractivity (Wildman–Crippen MR) is 110 cm³/mol. The molecule has 3 heterocycles. The van der Waals surface area contributed by atoms with E-state index in [0.717, 1.165) is 23.3 Å². The van der Waals surface area contributed by atoms with Crippen LogP contribution in [-0.4, -0.2) is 23.4 Å². The Labute approximate surface area is 169 Å². The lowest BCUT2D eigenvalue weighted by atomic mass is 10.0. The predicted octanol–water partition coefficient (Wildman–Crippen LogP) is 4.96. The van der Waals surface area contributed by atoms with Crippen molar-refractivity contribution in [1.29, 1.82) is 0 Å². The molecule has 2 aromatic heterocycles. The van der Waals surface area contributed by atoms with Gasteiger partial charge in [0, 0.05) is 24.5 Å². The highest BCUT2D eigenvalue weighted by molar-refractivity contribution is 7.14. The summed E-state index contributed by atoms with van der Waals surface area (Å²) in [7, 11) is 0. The van der Waals surface area contributed by atoms with Crippen LogP contribution >= 0.6 is 22.9 Å². The number of anilines is 1. The van der Waals surface area contributed by atoms with E-state index in [1.54, 1.807) is 28.5 Å². The van der Waals surface area contributed by atoms with Crippen LogP contribution in [0.1, 0.15) is 58.9 Å². The van der Waals surface area contributed by atoms with Gasteiger partial charge in [-0.25, -0.2) is 4.98 Å². The van der Waals surface area contributed by atoms with Gasteiger partial charge in [0.25, 0.3) is 5.91 Å². The lowest BCUT2D eigenvalue weighted by Gasteiger charge is -2.28. The number of hydrogen-bond acceptors (Lipinski definition) is 5. The molecule has 0 radical (unpaired) electrons. The van der Waals surface area contributed by atoms with Crippen LogP contribution in [0.4, 0.5) is 5.82 Å². The molecular formula is C20H25ClN2O3S. The summed E-state index contributed by atoms with van der Waals surface area (Å²) in [5.41, 5.74) is 2.93. The molecule has 0 unspecified atom stereocenters. The van der Waals surface area contributed by atoms with E-state index in [1.165, 1.54) is 17.4 Å². The first-order valence-electron chi connectivity index (χ1n) is 9.13. The van der Waals surface area contributed by atoms with E-state index in [2.05, 4.69) is 18.8 Å². The summed E-state index contributed by atoms with van der Waals surface area (Å²) in [5, 5.41) is 0.432. The molecule has 0 atom stereocenters. The first-order valence-corrected chi connectivity index (χ1v) is 10.3. The Morgan fingerprint density at radius 1 is 1.41 bits per heavy atom. The zero-order valence-corrected chi connectivity index (χ0v) is 18.0. The molecule has 1 aliphatic rings. The first-order chi connectivity index (χ1) is 12.9. The van der Waals surface area contributed by atoms with Crippen LogP contribution < -0.4 is 4.90 Å². The van der Waals surface area contributed by atoms with Crippen molar-refractivity contribution in [2.75, 3.05) is 11.4 Å². The highest BCUT2D eigenvalue weighted by atomic mass is 35.5. The van der Waals surface area contributed by atoms with E-state index < -0.39 is 5.97 Å². The molecule has 0 saturated carbocycles. The average Bonchev–Trinajstić information content (AvgIpc) is 2.99. The van der Waals surface area contributed by atoms with E-state index in [1.807, 2.05) is 13.8 Å². The Hall–Kier alpha value is -1.92. The molecular weight excluding hydrogens is 384 g/mol. The van der Waals surface area contributed by atoms with Crippen LogP contribution in [0.15, 0.2) is 12.3 Å². The van der Waals surface area contributed by atoms with Crippen molar-refractivity contribution in [3.63, 3.8) is 0 Å². The number of esters is 1. The van der Waals surface area contributed by atoms with Crippen LogP contribution in [0.2, 0.25) is 5.02 Å². The average molecular weight is 409 g/mol. The van der Waals surface area contributed by atoms with Crippen molar-refractivity contribution >= 4 is 40.6 Å². The summed E-state index contributed by atoms with van der Waals surface area (Å²) in [6, 6.07) is 1.63. The molecule has 0 aromatic carbocycles.